The van der Waals surface area contributed by atoms with E-state index in [2.05, 4.69) is 54.5 Å². The Morgan fingerprint density at radius 3 is 1.93 bits per heavy atom. The Balaban J connectivity index is 2.38. The molecule has 8 atom stereocenters. The maximum Gasteiger partial charge on any atom is 0.326 e. The lowest BCUT2D eigenvalue weighted by Gasteiger charge is -2.30. The van der Waals surface area contributed by atoms with Crippen molar-refractivity contribution in [2.45, 2.75) is 115 Å². The molecule has 0 saturated carbocycles. The Labute approximate surface area is 359 Å². The van der Waals surface area contributed by atoms with E-state index in [1.807, 2.05) is 6.07 Å². The third-order valence-corrected chi connectivity index (χ3v) is 10.3. The van der Waals surface area contributed by atoms with Crippen molar-refractivity contribution in [3.05, 3.63) is 36.0 Å². The number of carboxylic acid groups (broad SMARTS) is 2. The van der Waals surface area contributed by atoms with Crippen molar-refractivity contribution < 1.29 is 48.6 Å². The molecule has 0 aliphatic heterocycles. The van der Waals surface area contributed by atoms with Gasteiger partial charge in [-0.05, 0) is 49.7 Å². The lowest BCUT2D eigenvalue weighted by Crippen LogP contribution is -2.61. The van der Waals surface area contributed by atoms with Crippen molar-refractivity contribution >= 4 is 76.9 Å². The highest BCUT2D eigenvalue weighted by Crippen LogP contribution is 2.20. The number of carboxylic acids is 2. The van der Waals surface area contributed by atoms with Gasteiger partial charge in [0.2, 0.25) is 35.4 Å². The summed E-state index contributed by atoms with van der Waals surface area (Å²) in [6.45, 7) is 8.18. The van der Waals surface area contributed by atoms with Crippen LogP contribution in [0.2, 0.25) is 0 Å². The minimum atomic E-state index is -1.53. The van der Waals surface area contributed by atoms with Crippen LogP contribution in [-0.4, -0.2) is 123 Å². The molecule has 8 unspecified atom stereocenters. The molecule has 1 aromatic heterocycles. The Kier molecular flexibility index (Phi) is 21.0. The number of aromatic amines is 1. The number of nitrogens with zero attached hydrogens (tertiary/aromatic N) is 1. The van der Waals surface area contributed by atoms with Crippen LogP contribution in [0.3, 0.4) is 0 Å². The van der Waals surface area contributed by atoms with Crippen molar-refractivity contribution in [1.82, 2.24) is 36.9 Å². The van der Waals surface area contributed by atoms with Crippen LogP contribution < -0.4 is 49.1 Å². The molecule has 0 saturated heterocycles. The lowest BCUT2D eigenvalue weighted by molar-refractivity contribution is -0.143. The normalized spacial score (nSPS) is 15.1. The third kappa shape index (κ3) is 16.6. The fraction of sp³-hybridized carbons (Fsp3) is 0.564. The summed E-state index contributed by atoms with van der Waals surface area (Å²) in [6.07, 6.45) is 1.14. The monoisotopic (exact) mass is 875 g/mol. The highest BCUT2D eigenvalue weighted by atomic mass is 32.1. The number of carbonyl (C=O) groups is 8. The summed E-state index contributed by atoms with van der Waals surface area (Å²) in [6, 6.07) is -1.71. The first-order valence-electron chi connectivity index (χ1n) is 19.9. The second-order valence-corrected chi connectivity index (χ2v) is 15.5. The first kappa shape index (κ1) is 51.2. The van der Waals surface area contributed by atoms with Gasteiger partial charge in [0.1, 0.15) is 36.3 Å². The maximum absolute atomic E-state index is 14.1. The molecule has 0 aliphatic carbocycles. The Bertz CT molecular complexity index is 1890. The lowest BCUT2D eigenvalue weighted by atomic mass is 9.95. The SMILES string of the molecule is CCC(C)C(NC(=O)C(CCC(=O)O)NC(=O)C(Cc1c[nH]c2ccccc12)NC(=O)C(C)NC(=O)C(N)CS)C(=O)NC(C(=O)NC(CCCN=C(N)N)C(=O)O)C(C)C. The summed E-state index contributed by atoms with van der Waals surface area (Å²) in [5.74, 6) is -8.65. The molecule has 2 rings (SSSR count). The van der Waals surface area contributed by atoms with Gasteiger partial charge in [0.25, 0.3) is 0 Å². The van der Waals surface area contributed by atoms with Gasteiger partial charge in [-0.25, -0.2) is 4.79 Å². The minimum absolute atomic E-state index is 0.00954. The zero-order valence-electron chi connectivity index (χ0n) is 35.0. The van der Waals surface area contributed by atoms with Crippen molar-refractivity contribution in [2.75, 3.05) is 12.3 Å². The van der Waals surface area contributed by atoms with Crippen LogP contribution in [0.5, 0.6) is 0 Å². The van der Waals surface area contributed by atoms with Crippen molar-refractivity contribution in [3.8, 4) is 0 Å². The van der Waals surface area contributed by atoms with Gasteiger partial charge >= 0.3 is 11.9 Å². The molecule has 2 aromatic rings. The Hall–Kier alpha value is -5.90. The smallest absolute Gasteiger partial charge is 0.326 e. The van der Waals surface area contributed by atoms with Gasteiger partial charge in [0, 0.05) is 42.2 Å². The van der Waals surface area contributed by atoms with Crippen LogP contribution in [0.1, 0.15) is 72.3 Å². The number of amides is 6. The molecule has 338 valence electrons. The molecule has 0 fully saturated rings. The van der Waals surface area contributed by atoms with Gasteiger partial charge in [-0.2, -0.15) is 12.6 Å². The number of fused-ring (bicyclic) bond motifs is 1. The second-order valence-electron chi connectivity index (χ2n) is 15.1. The first-order valence-corrected chi connectivity index (χ1v) is 20.6. The number of aromatic nitrogens is 1. The van der Waals surface area contributed by atoms with Gasteiger partial charge in [-0.1, -0.05) is 52.3 Å². The van der Waals surface area contributed by atoms with Crippen LogP contribution in [0.4, 0.5) is 0 Å². The van der Waals surface area contributed by atoms with Crippen LogP contribution in [0.15, 0.2) is 35.5 Å². The number of thiol groups is 1. The van der Waals surface area contributed by atoms with Gasteiger partial charge in [-0.15, -0.1) is 0 Å². The second kappa shape index (κ2) is 25.0. The number of carbonyl (C=O) groups excluding carboxylic acids is 6. The van der Waals surface area contributed by atoms with Crippen LogP contribution in [0, 0.1) is 11.8 Å². The first-order chi connectivity index (χ1) is 28.7. The average Bonchev–Trinajstić information content (AvgIpc) is 3.62. The van der Waals surface area contributed by atoms with Crippen LogP contribution in [-0.2, 0) is 44.8 Å². The summed E-state index contributed by atoms with van der Waals surface area (Å²) in [5.41, 5.74) is 17.7. The fourth-order valence-corrected chi connectivity index (χ4v) is 6.23. The number of H-pyrrole nitrogens is 1. The number of hydrogen-bond donors (Lipinski definition) is 13. The number of nitrogens with two attached hydrogens (primary N) is 3. The number of para-hydroxylation sites is 1. The molecule has 61 heavy (non-hydrogen) atoms. The largest absolute Gasteiger partial charge is 0.481 e. The van der Waals surface area contributed by atoms with Crippen LogP contribution in [0.25, 0.3) is 10.9 Å². The van der Waals surface area contributed by atoms with E-state index in [1.165, 1.54) is 6.92 Å². The number of nitrogens with one attached hydrogen (secondary N) is 7. The zero-order valence-corrected chi connectivity index (χ0v) is 35.9. The minimum Gasteiger partial charge on any atom is -0.481 e. The number of benzene rings is 1. The average molecular weight is 876 g/mol. The molecular formula is C39H61N11O10S. The summed E-state index contributed by atoms with van der Waals surface area (Å²) >= 11 is 4.00. The summed E-state index contributed by atoms with van der Waals surface area (Å²) in [4.78, 5) is 112. The van der Waals surface area contributed by atoms with E-state index >= 15 is 0 Å². The predicted octanol–water partition coefficient (Wildman–Crippen LogP) is -1.40. The fourth-order valence-electron chi connectivity index (χ4n) is 6.06. The van der Waals surface area contributed by atoms with Gasteiger partial charge in [-0.3, -0.25) is 38.6 Å². The molecule has 22 heteroatoms. The summed E-state index contributed by atoms with van der Waals surface area (Å²) in [7, 11) is 0. The molecule has 21 nitrogen and oxygen atoms in total. The van der Waals surface area contributed by atoms with E-state index in [4.69, 9.17) is 17.2 Å². The molecule has 6 amide bonds. The molecule has 15 N–H and O–H groups in total. The summed E-state index contributed by atoms with van der Waals surface area (Å²) < 4.78 is 0. The number of aliphatic imine (C=N–C) groups is 1. The van der Waals surface area contributed by atoms with Crippen LogP contribution >= 0.6 is 12.6 Å². The van der Waals surface area contributed by atoms with Crippen molar-refractivity contribution in [3.63, 3.8) is 0 Å². The maximum atomic E-state index is 14.1. The topological polar surface area (TPSA) is 355 Å². The number of hydrogen-bond acceptors (Lipinski definition) is 11. The number of rotatable bonds is 26. The highest BCUT2D eigenvalue weighted by Gasteiger charge is 2.36. The van der Waals surface area contributed by atoms with E-state index in [0.717, 1.165) is 10.9 Å². The Morgan fingerprint density at radius 1 is 0.754 bits per heavy atom. The number of aliphatic carboxylic acids is 2. The molecule has 0 spiro atoms. The predicted molar refractivity (Wildman–Crippen MR) is 230 cm³/mol. The van der Waals surface area contributed by atoms with E-state index in [-0.39, 0.29) is 37.5 Å². The van der Waals surface area contributed by atoms with E-state index in [0.29, 0.717) is 12.0 Å². The molecule has 0 bridgehead atoms. The van der Waals surface area contributed by atoms with E-state index < -0.39 is 114 Å². The third-order valence-electron chi connectivity index (χ3n) is 9.90. The number of guanidine groups is 1. The molecule has 1 aromatic carbocycles. The Morgan fingerprint density at radius 2 is 1.34 bits per heavy atom. The van der Waals surface area contributed by atoms with Gasteiger partial charge < -0.3 is 64.3 Å². The summed E-state index contributed by atoms with van der Waals surface area (Å²) in [5, 5.41) is 35.3. The molecule has 0 radical (unpaired) electrons. The zero-order chi connectivity index (χ0) is 46.0. The highest BCUT2D eigenvalue weighted by molar-refractivity contribution is 7.80. The molecule has 1 heterocycles. The van der Waals surface area contributed by atoms with E-state index in [9.17, 15) is 48.6 Å². The van der Waals surface area contributed by atoms with Crippen molar-refractivity contribution in [2.24, 2.45) is 34.0 Å². The van der Waals surface area contributed by atoms with Crippen molar-refractivity contribution in [1.29, 1.82) is 0 Å². The van der Waals surface area contributed by atoms with E-state index in [1.54, 1.807) is 52.1 Å². The van der Waals surface area contributed by atoms with Gasteiger partial charge in [0.15, 0.2) is 5.96 Å². The molecule has 0 aliphatic rings. The standard InChI is InChI=1S/C39H61N11O10S/c1-6-20(4)31(37(58)49-30(19(2)3)36(57)47-27(38(59)60)12-9-15-43-39(41)42)50-34(55)26(13-14-29(51)52)46-35(56)28(16-22-17-44-25-11-8-7-10-23(22)25)48-32(53)21(5)45-33(54)24(40)18-61/h7-8,10-11,17,19-21,24,26-28,30-31,44,61H,6,9,12-16,18,40H2,1-5H3,(H,45,54)(H,46,56)(H,47,57)(H,48,53)(H,49,58)(H,50,55)(H,51,52)(H,59,60)(H4,41,42,43). The quantitative estimate of drug-likeness (QED) is 0.0224. The van der Waals surface area contributed by atoms with Gasteiger partial charge in [0.05, 0.1) is 6.04 Å². The molecular weight excluding hydrogens is 815 g/mol.